The lowest BCUT2D eigenvalue weighted by Gasteiger charge is -2.34. The first-order chi connectivity index (χ1) is 12.3. The molecular formula is C18H17F3N2O3. The van der Waals surface area contributed by atoms with Gasteiger partial charge in [-0.1, -0.05) is 24.3 Å². The maximum absolute atomic E-state index is 12.2. The van der Waals surface area contributed by atoms with Crippen LogP contribution in [0.5, 0.6) is 5.75 Å². The van der Waals surface area contributed by atoms with E-state index in [-0.39, 0.29) is 5.75 Å². The number of amides is 1. The second kappa shape index (κ2) is 7.15. The molecule has 5 nitrogen and oxygen atoms in total. The summed E-state index contributed by atoms with van der Waals surface area (Å²) in [6.45, 7) is 2.15. The quantitative estimate of drug-likeness (QED) is 0.890. The number of halogens is 3. The fraction of sp³-hybridized carbons (Fsp3) is 0.278. The molecule has 1 amide bonds. The molecular weight excluding hydrogens is 349 g/mol. The standard InChI is InChI=1S/C18H17F3N2O3/c19-18(20,21)26-16-7-3-14(4-8-16)13-1-5-15(6-2-13)22-9-11-23(12-10-22)17(24)25/h1-8H,9-12H2,(H,24,25). The molecule has 0 radical (unpaired) electrons. The predicted molar refractivity (Wildman–Crippen MR) is 90.4 cm³/mol. The average Bonchev–Trinajstić information content (AvgIpc) is 2.61. The van der Waals surface area contributed by atoms with Crippen LogP contribution in [0.4, 0.5) is 23.7 Å². The molecule has 0 aliphatic carbocycles. The highest BCUT2D eigenvalue weighted by atomic mass is 19.4. The van der Waals surface area contributed by atoms with Crippen molar-refractivity contribution in [2.24, 2.45) is 0 Å². The fourth-order valence-electron chi connectivity index (χ4n) is 2.87. The zero-order chi connectivity index (χ0) is 18.7. The van der Waals surface area contributed by atoms with Crippen LogP contribution in [-0.2, 0) is 0 Å². The highest BCUT2D eigenvalue weighted by Crippen LogP contribution is 2.28. The van der Waals surface area contributed by atoms with E-state index in [2.05, 4.69) is 9.64 Å². The highest BCUT2D eigenvalue weighted by molar-refractivity contribution is 5.68. The van der Waals surface area contributed by atoms with Crippen LogP contribution in [0.1, 0.15) is 0 Å². The van der Waals surface area contributed by atoms with Gasteiger partial charge < -0.3 is 19.6 Å². The number of piperazine rings is 1. The molecule has 0 atom stereocenters. The summed E-state index contributed by atoms with van der Waals surface area (Å²) in [5.74, 6) is -0.255. The first-order valence-corrected chi connectivity index (χ1v) is 8.01. The molecule has 0 unspecified atom stereocenters. The molecule has 1 fully saturated rings. The SMILES string of the molecule is O=C(O)N1CCN(c2ccc(-c3ccc(OC(F)(F)F)cc3)cc2)CC1. The number of hydrogen-bond acceptors (Lipinski definition) is 3. The van der Waals surface area contributed by atoms with Gasteiger partial charge in [0.1, 0.15) is 5.75 Å². The van der Waals surface area contributed by atoms with Crippen LogP contribution in [0.2, 0.25) is 0 Å². The Hall–Kier alpha value is -2.90. The number of nitrogens with zero attached hydrogens (tertiary/aromatic N) is 2. The number of alkyl halides is 3. The second-order valence-corrected chi connectivity index (χ2v) is 5.88. The zero-order valence-electron chi connectivity index (χ0n) is 13.7. The Balaban J connectivity index is 1.65. The zero-order valence-corrected chi connectivity index (χ0v) is 13.7. The Labute approximate surface area is 148 Å². The minimum atomic E-state index is -4.70. The number of benzene rings is 2. The molecule has 1 N–H and O–H groups in total. The third-order valence-electron chi connectivity index (χ3n) is 4.20. The topological polar surface area (TPSA) is 53.0 Å². The summed E-state index contributed by atoms with van der Waals surface area (Å²) in [6, 6.07) is 13.3. The van der Waals surface area contributed by atoms with Crippen molar-refractivity contribution >= 4 is 11.8 Å². The molecule has 138 valence electrons. The number of carboxylic acid groups (broad SMARTS) is 1. The monoisotopic (exact) mass is 366 g/mol. The van der Waals surface area contributed by atoms with Crippen molar-refractivity contribution < 1.29 is 27.8 Å². The summed E-state index contributed by atoms with van der Waals surface area (Å²) in [6.07, 6.45) is -5.61. The Morgan fingerprint density at radius 2 is 1.38 bits per heavy atom. The molecule has 3 rings (SSSR count). The number of rotatable bonds is 3. The lowest BCUT2D eigenvalue weighted by Crippen LogP contribution is -2.48. The molecule has 1 aliphatic rings. The van der Waals surface area contributed by atoms with Crippen molar-refractivity contribution in [2.75, 3.05) is 31.1 Å². The van der Waals surface area contributed by atoms with Crippen LogP contribution >= 0.6 is 0 Å². The molecule has 26 heavy (non-hydrogen) atoms. The van der Waals surface area contributed by atoms with Crippen LogP contribution < -0.4 is 9.64 Å². The van der Waals surface area contributed by atoms with Gasteiger partial charge >= 0.3 is 12.5 Å². The molecule has 8 heteroatoms. The summed E-state index contributed by atoms with van der Waals surface area (Å²) in [7, 11) is 0. The molecule has 0 spiro atoms. The van der Waals surface area contributed by atoms with E-state index in [1.165, 1.54) is 17.0 Å². The van der Waals surface area contributed by atoms with Gasteiger partial charge in [0.05, 0.1) is 0 Å². The molecule has 0 bridgehead atoms. The molecule has 1 heterocycles. The number of ether oxygens (including phenoxy) is 1. The summed E-state index contributed by atoms with van der Waals surface area (Å²) in [5.41, 5.74) is 2.63. The summed E-state index contributed by atoms with van der Waals surface area (Å²) < 4.78 is 40.4. The summed E-state index contributed by atoms with van der Waals surface area (Å²) >= 11 is 0. The van der Waals surface area contributed by atoms with Gasteiger partial charge in [-0.3, -0.25) is 0 Å². The molecule has 2 aromatic rings. The van der Waals surface area contributed by atoms with Gasteiger partial charge in [0, 0.05) is 31.9 Å². The highest BCUT2D eigenvalue weighted by Gasteiger charge is 2.31. The first kappa shape index (κ1) is 17.9. The lowest BCUT2D eigenvalue weighted by molar-refractivity contribution is -0.274. The van der Waals surface area contributed by atoms with E-state index in [0.717, 1.165) is 16.8 Å². The Bertz CT molecular complexity index is 753. The Morgan fingerprint density at radius 1 is 0.885 bits per heavy atom. The maximum Gasteiger partial charge on any atom is 0.573 e. The Morgan fingerprint density at radius 3 is 1.85 bits per heavy atom. The van der Waals surface area contributed by atoms with E-state index in [1.54, 1.807) is 12.1 Å². The smallest absolute Gasteiger partial charge is 0.465 e. The normalized spacial score (nSPS) is 15.0. The van der Waals surface area contributed by atoms with Crippen LogP contribution in [0.25, 0.3) is 11.1 Å². The predicted octanol–water partition coefficient (Wildman–Crippen LogP) is 4.05. The molecule has 1 saturated heterocycles. The Kier molecular flexibility index (Phi) is 4.92. The van der Waals surface area contributed by atoms with E-state index in [0.29, 0.717) is 26.2 Å². The van der Waals surface area contributed by atoms with Gasteiger partial charge in [-0.05, 0) is 35.4 Å². The van der Waals surface area contributed by atoms with Crippen molar-refractivity contribution in [1.82, 2.24) is 4.90 Å². The van der Waals surface area contributed by atoms with E-state index < -0.39 is 12.5 Å². The van der Waals surface area contributed by atoms with Gasteiger partial charge in [-0.2, -0.15) is 0 Å². The van der Waals surface area contributed by atoms with Gasteiger partial charge in [0.2, 0.25) is 0 Å². The van der Waals surface area contributed by atoms with Gasteiger partial charge in [-0.15, -0.1) is 13.2 Å². The van der Waals surface area contributed by atoms with Gasteiger partial charge in [-0.25, -0.2) is 4.79 Å². The number of carbonyl (C=O) groups is 1. The molecule has 0 saturated carbocycles. The van der Waals surface area contributed by atoms with E-state index in [9.17, 15) is 18.0 Å². The third-order valence-corrected chi connectivity index (χ3v) is 4.20. The minimum Gasteiger partial charge on any atom is -0.465 e. The minimum absolute atomic E-state index is 0.255. The average molecular weight is 366 g/mol. The number of hydrogen-bond donors (Lipinski definition) is 1. The van der Waals surface area contributed by atoms with Crippen LogP contribution in [0, 0.1) is 0 Å². The fourth-order valence-corrected chi connectivity index (χ4v) is 2.87. The maximum atomic E-state index is 12.2. The first-order valence-electron chi connectivity index (χ1n) is 8.01. The van der Waals surface area contributed by atoms with Crippen LogP contribution in [0.3, 0.4) is 0 Å². The van der Waals surface area contributed by atoms with Crippen molar-refractivity contribution in [1.29, 1.82) is 0 Å². The van der Waals surface area contributed by atoms with E-state index in [1.807, 2.05) is 24.3 Å². The summed E-state index contributed by atoms with van der Waals surface area (Å²) in [5, 5.41) is 8.98. The lowest BCUT2D eigenvalue weighted by atomic mass is 10.0. The summed E-state index contributed by atoms with van der Waals surface area (Å²) in [4.78, 5) is 14.4. The van der Waals surface area contributed by atoms with Crippen molar-refractivity contribution in [3.05, 3.63) is 48.5 Å². The van der Waals surface area contributed by atoms with Gasteiger partial charge in [0.15, 0.2) is 0 Å². The van der Waals surface area contributed by atoms with E-state index >= 15 is 0 Å². The number of anilines is 1. The molecule has 0 aromatic heterocycles. The van der Waals surface area contributed by atoms with E-state index in [4.69, 9.17) is 5.11 Å². The molecule has 1 aliphatic heterocycles. The van der Waals surface area contributed by atoms with Crippen molar-refractivity contribution in [3.8, 4) is 16.9 Å². The van der Waals surface area contributed by atoms with Gasteiger partial charge in [0.25, 0.3) is 0 Å². The van der Waals surface area contributed by atoms with Crippen molar-refractivity contribution in [2.45, 2.75) is 6.36 Å². The second-order valence-electron chi connectivity index (χ2n) is 5.88. The van der Waals surface area contributed by atoms with Crippen molar-refractivity contribution in [3.63, 3.8) is 0 Å². The van der Waals surface area contributed by atoms with Crippen LogP contribution in [0.15, 0.2) is 48.5 Å². The largest absolute Gasteiger partial charge is 0.573 e. The van der Waals surface area contributed by atoms with Crippen LogP contribution in [-0.4, -0.2) is 48.6 Å². The molecule has 2 aromatic carbocycles. The third kappa shape index (κ3) is 4.38.